The molecule has 0 amide bonds. The van der Waals surface area contributed by atoms with E-state index in [4.69, 9.17) is 0 Å². The van der Waals surface area contributed by atoms with Gasteiger partial charge in [0.25, 0.3) is 0 Å². The van der Waals surface area contributed by atoms with Crippen molar-refractivity contribution in [2.75, 3.05) is 12.3 Å². The van der Waals surface area contributed by atoms with Crippen LogP contribution in [-0.2, 0) is 0 Å². The number of Topliss-reactive ketones (excluding diaryl/α,β-unsaturated/α-hetero) is 1. The molecular weight excluding hydrogens is 310 g/mol. The Balaban J connectivity index is 0.00000162. The van der Waals surface area contributed by atoms with Crippen molar-refractivity contribution in [1.82, 2.24) is 0 Å². The fourth-order valence-corrected chi connectivity index (χ4v) is 2.76. The van der Waals surface area contributed by atoms with Crippen LogP contribution in [0, 0.1) is 0 Å². The number of carbonyl (C=O) groups is 1. The number of thioether (sulfide) groups is 1. The highest BCUT2D eigenvalue weighted by molar-refractivity contribution is 8.14. The largest absolute Gasteiger partial charge is 1.00 e. The molecule has 0 unspecified atom stereocenters. The fourth-order valence-electron chi connectivity index (χ4n) is 1.82. The van der Waals surface area contributed by atoms with Crippen LogP contribution in [0.1, 0.15) is 36.0 Å². The van der Waals surface area contributed by atoms with Gasteiger partial charge in [0.1, 0.15) is 0 Å². The molecule has 1 aliphatic heterocycles. The van der Waals surface area contributed by atoms with Crippen molar-refractivity contribution in [2.24, 2.45) is 4.99 Å². The number of aliphatic imine (C=N–C) groups is 1. The van der Waals surface area contributed by atoms with E-state index in [9.17, 15) is 4.79 Å². The maximum Gasteiger partial charge on any atom is 0.173 e. The van der Waals surface area contributed by atoms with Crippen molar-refractivity contribution in [2.45, 2.75) is 25.7 Å². The highest BCUT2D eigenvalue weighted by atomic mass is 79.9. The summed E-state index contributed by atoms with van der Waals surface area (Å²) in [6.07, 6.45) is 4.72. The molecule has 0 N–H and O–H groups in total. The zero-order chi connectivity index (χ0) is 11.9. The van der Waals surface area contributed by atoms with E-state index < -0.39 is 0 Å². The van der Waals surface area contributed by atoms with E-state index in [1.54, 1.807) is 11.8 Å². The normalized spacial score (nSPS) is 15.2. The highest BCUT2D eigenvalue weighted by Gasteiger charge is 2.09. The lowest BCUT2D eigenvalue weighted by atomic mass is 10.2. The number of nitrogens with zero attached hydrogens (tertiary/aromatic N) is 1. The summed E-state index contributed by atoms with van der Waals surface area (Å²) in [5.41, 5.74) is 0.800. The molecule has 2 nitrogen and oxygen atoms in total. The Hall–Kier alpha value is -0.610. The van der Waals surface area contributed by atoms with E-state index in [-0.39, 0.29) is 22.8 Å². The van der Waals surface area contributed by atoms with E-state index >= 15 is 0 Å². The topological polar surface area (TPSA) is 29.4 Å². The van der Waals surface area contributed by atoms with Crippen LogP contribution in [0.2, 0.25) is 0 Å². The molecule has 1 heterocycles. The van der Waals surface area contributed by atoms with Gasteiger partial charge in [-0.2, -0.15) is 0 Å². The Morgan fingerprint density at radius 1 is 1.17 bits per heavy atom. The molecule has 18 heavy (non-hydrogen) atoms. The van der Waals surface area contributed by atoms with Crippen molar-refractivity contribution in [3.8, 4) is 0 Å². The third-order valence-electron chi connectivity index (χ3n) is 2.80. The Labute approximate surface area is 123 Å². The van der Waals surface area contributed by atoms with Crippen molar-refractivity contribution >= 4 is 22.6 Å². The van der Waals surface area contributed by atoms with E-state index in [0.717, 1.165) is 23.6 Å². The molecule has 0 aliphatic carbocycles. The predicted molar refractivity (Wildman–Crippen MR) is 74.0 cm³/mol. The molecule has 0 aromatic heterocycles. The second kappa shape index (κ2) is 8.48. The van der Waals surface area contributed by atoms with Crippen LogP contribution >= 0.6 is 11.8 Å². The average Bonchev–Trinajstić information content (AvgIpc) is 2.65. The molecule has 0 fully saturated rings. The van der Waals surface area contributed by atoms with E-state index in [0.29, 0.717) is 5.75 Å². The van der Waals surface area contributed by atoms with Gasteiger partial charge >= 0.3 is 0 Å². The van der Waals surface area contributed by atoms with Crippen LogP contribution in [0.25, 0.3) is 0 Å². The summed E-state index contributed by atoms with van der Waals surface area (Å²) in [6.45, 7) is 0.932. The molecule has 0 radical (unpaired) electrons. The Bertz CT molecular complexity index is 406. The smallest absolute Gasteiger partial charge is 0.173 e. The SMILES string of the molecule is O=C(CSC1=NCCCCC1)c1ccccc1.[Br-]. The molecule has 1 aromatic rings. The summed E-state index contributed by atoms with van der Waals surface area (Å²) in [5, 5.41) is 1.16. The quantitative estimate of drug-likeness (QED) is 0.760. The van der Waals surface area contributed by atoms with Crippen molar-refractivity contribution < 1.29 is 21.8 Å². The van der Waals surface area contributed by atoms with Crippen molar-refractivity contribution in [3.05, 3.63) is 35.9 Å². The summed E-state index contributed by atoms with van der Waals surface area (Å²) < 4.78 is 0. The monoisotopic (exact) mass is 326 g/mol. The van der Waals surface area contributed by atoms with Gasteiger partial charge in [-0.1, -0.05) is 36.8 Å². The van der Waals surface area contributed by atoms with Gasteiger partial charge < -0.3 is 17.0 Å². The van der Waals surface area contributed by atoms with Gasteiger partial charge in [0.05, 0.1) is 10.8 Å². The van der Waals surface area contributed by atoms with Crippen molar-refractivity contribution in [3.63, 3.8) is 0 Å². The number of rotatable bonds is 3. The minimum absolute atomic E-state index is 0. The second-order valence-corrected chi connectivity index (χ2v) is 5.21. The second-order valence-electron chi connectivity index (χ2n) is 4.16. The zero-order valence-electron chi connectivity index (χ0n) is 10.3. The zero-order valence-corrected chi connectivity index (χ0v) is 12.7. The maximum atomic E-state index is 11.9. The Morgan fingerprint density at radius 3 is 2.72 bits per heavy atom. The molecular formula is C14H17BrNOS-. The van der Waals surface area contributed by atoms with Gasteiger partial charge in [0, 0.05) is 12.1 Å². The molecule has 0 spiro atoms. The number of carbonyl (C=O) groups excluding carboxylic acids is 1. The standard InChI is InChI=1S/C14H17NOS.BrH/c16-13(12-7-3-1-4-8-12)11-17-14-9-5-2-6-10-15-14;/h1,3-4,7-8H,2,5-6,9-11H2;1H/p-1. The number of ketones is 1. The molecule has 4 heteroatoms. The average molecular weight is 327 g/mol. The summed E-state index contributed by atoms with van der Waals surface area (Å²) in [5.74, 6) is 0.714. The lowest BCUT2D eigenvalue weighted by molar-refractivity contribution is -0.0000112. The maximum absolute atomic E-state index is 11.9. The molecule has 1 aromatic carbocycles. The molecule has 1 aliphatic rings. The first-order valence-electron chi connectivity index (χ1n) is 6.10. The summed E-state index contributed by atoms with van der Waals surface area (Å²) in [4.78, 5) is 16.4. The summed E-state index contributed by atoms with van der Waals surface area (Å²) >= 11 is 1.61. The van der Waals surface area contributed by atoms with Crippen LogP contribution in [0.15, 0.2) is 35.3 Å². The third kappa shape index (κ3) is 4.94. The molecule has 0 atom stereocenters. The van der Waals surface area contributed by atoms with Gasteiger partial charge in [0.2, 0.25) is 0 Å². The minimum atomic E-state index is 0. The van der Waals surface area contributed by atoms with Crippen LogP contribution in [0.5, 0.6) is 0 Å². The first kappa shape index (κ1) is 15.4. The van der Waals surface area contributed by atoms with Crippen LogP contribution in [-0.4, -0.2) is 23.1 Å². The van der Waals surface area contributed by atoms with Gasteiger partial charge in [-0.25, -0.2) is 0 Å². The predicted octanol–water partition coefficient (Wildman–Crippen LogP) is 0.579. The van der Waals surface area contributed by atoms with E-state index in [1.807, 2.05) is 30.3 Å². The lowest BCUT2D eigenvalue weighted by Crippen LogP contribution is -3.00. The lowest BCUT2D eigenvalue weighted by Gasteiger charge is -2.03. The number of halogens is 1. The Kier molecular flexibility index (Phi) is 7.28. The number of hydrogen-bond acceptors (Lipinski definition) is 3. The van der Waals surface area contributed by atoms with Gasteiger partial charge in [-0.05, 0) is 19.3 Å². The number of hydrogen-bond donors (Lipinski definition) is 0. The molecule has 0 bridgehead atoms. The molecule has 0 saturated heterocycles. The van der Waals surface area contributed by atoms with Gasteiger partial charge in [-0.3, -0.25) is 9.79 Å². The Morgan fingerprint density at radius 2 is 1.94 bits per heavy atom. The first-order valence-corrected chi connectivity index (χ1v) is 7.09. The van der Waals surface area contributed by atoms with Crippen LogP contribution in [0.4, 0.5) is 0 Å². The van der Waals surface area contributed by atoms with Crippen LogP contribution in [0.3, 0.4) is 0 Å². The molecule has 0 saturated carbocycles. The molecule has 2 rings (SSSR count). The van der Waals surface area contributed by atoms with E-state index in [1.165, 1.54) is 19.3 Å². The van der Waals surface area contributed by atoms with Crippen molar-refractivity contribution in [1.29, 1.82) is 0 Å². The number of benzene rings is 1. The van der Waals surface area contributed by atoms with E-state index in [2.05, 4.69) is 4.99 Å². The third-order valence-corrected chi connectivity index (χ3v) is 3.88. The van der Waals surface area contributed by atoms with Crippen LogP contribution < -0.4 is 17.0 Å². The molecule has 98 valence electrons. The van der Waals surface area contributed by atoms with Gasteiger partial charge in [0.15, 0.2) is 5.78 Å². The first-order chi connectivity index (χ1) is 8.36. The summed E-state index contributed by atoms with van der Waals surface area (Å²) in [7, 11) is 0. The van der Waals surface area contributed by atoms with Gasteiger partial charge in [-0.15, -0.1) is 11.8 Å². The highest BCUT2D eigenvalue weighted by Crippen LogP contribution is 2.17. The minimum Gasteiger partial charge on any atom is -1.00 e. The summed E-state index contributed by atoms with van der Waals surface area (Å²) in [6, 6.07) is 9.48. The fraction of sp³-hybridized carbons (Fsp3) is 0.429.